The molecule has 3 aliphatic heterocycles. The van der Waals surface area contributed by atoms with Crippen LogP contribution in [0.4, 0.5) is 34.1 Å². The minimum absolute atomic E-state index is 0.110. The third-order valence-corrected chi connectivity index (χ3v) is 26.6. The second-order valence-electron chi connectivity index (χ2n) is 35.1. The molecule has 0 fully saturated rings. The highest BCUT2D eigenvalue weighted by molar-refractivity contribution is 7.00. The van der Waals surface area contributed by atoms with Crippen LogP contribution in [0, 0.1) is 22.7 Å². The van der Waals surface area contributed by atoms with Crippen molar-refractivity contribution in [2.45, 2.75) is 26.2 Å². The van der Waals surface area contributed by atoms with Crippen LogP contribution >= 0.6 is 0 Å². The van der Waals surface area contributed by atoms with E-state index in [1.165, 1.54) is 9.13 Å². The van der Waals surface area contributed by atoms with E-state index < -0.39 is 179 Å². The zero-order chi connectivity index (χ0) is 110. The first-order valence-electron chi connectivity index (χ1n) is 56.1. The summed E-state index contributed by atoms with van der Waals surface area (Å²) in [6.45, 7) is 5.28. The lowest BCUT2D eigenvalue weighted by molar-refractivity contribution is 0.590. The summed E-state index contributed by atoms with van der Waals surface area (Å²) in [5, 5.41) is 21.8. The maximum Gasteiger partial charge on any atom is 0.252 e. The lowest BCUT2D eigenvalue weighted by Gasteiger charge is -2.46. The van der Waals surface area contributed by atoms with Gasteiger partial charge >= 0.3 is 0 Å². The Labute approximate surface area is 811 Å². The van der Waals surface area contributed by atoms with Gasteiger partial charge < -0.3 is 23.5 Å². The molecule has 0 N–H and O–H groups in total. The molecule has 624 valence electrons. The Hall–Kier alpha value is -17.6. The van der Waals surface area contributed by atoms with Gasteiger partial charge in [-0.15, -0.1) is 0 Å². The van der Waals surface area contributed by atoms with Gasteiger partial charge in [-0.3, -0.25) is 0 Å². The number of aromatic nitrogens is 3. The second-order valence-corrected chi connectivity index (χ2v) is 35.1. The lowest BCUT2D eigenvalue weighted by atomic mass is 9.33. The lowest BCUT2D eigenvalue weighted by Crippen LogP contribution is -2.61. The summed E-state index contributed by atoms with van der Waals surface area (Å²) < 4.78 is 238. The Balaban J connectivity index is 0.883. The maximum atomic E-state index is 10.6. The molecule has 0 saturated carbocycles. The van der Waals surface area contributed by atoms with Gasteiger partial charge in [-0.05, 0) is 286 Å². The van der Waals surface area contributed by atoms with Gasteiger partial charge in [-0.2, -0.15) is 10.5 Å². The van der Waals surface area contributed by atoms with Gasteiger partial charge in [0.1, 0.15) is 0 Å². The van der Waals surface area contributed by atoms with Crippen LogP contribution < -0.4 is 26.2 Å². The molecule has 0 atom stereocenters. The third-order valence-electron chi connectivity index (χ3n) is 26.6. The predicted octanol–water partition coefficient (Wildman–Crippen LogP) is 31.1. The summed E-state index contributed by atoms with van der Waals surface area (Å²) >= 11 is 0. The van der Waals surface area contributed by atoms with Gasteiger partial charge in [0.15, 0.2) is 0 Å². The summed E-state index contributed by atoms with van der Waals surface area (Å²) in [6, 6.07) is 85.7. The van der Waals surface area contributed by atoms with E-state index in [-0.39, 0.29) is 55.0 Å². The monoisotopic (exact) mass is 1730 g/mol. The number of benzene rings is 20. The summed E-state index contributed by atoms with van der Waals surface area (Å²) in [4.78, 5) is 4.47. The highest BCUT2D eigenvalue weighted by Gasteiger charge is 2.47. The number of hydrogen-bond acceptors (Lipinski definition) is 4. The molecule has 3 aliphatic rings. The van der Waals surface area contributed by atoms with Crippen molar-refractivity contribution in [1.82, 2.24) is 13.7 Å². The van der Waals surface area contributed by atoms with E-state index >= 15 is 0 Å². The molecule has 7 nitrogen and oxygen atoms in total. The Morgan fingerprint density at radius 1 is 0.254 bits per heavy atom. The van der Waals surface area contributed by atoms with E-state index in [0.29, 0.717) is 106 Å². The number of para-hydroxylation sites is 3. The summed E-state index contributed by atoms with van der Waals surface area (Å²) in [6.07, 6.45) is 0. The average Bonchev–Trinajstić information content (AvgIpc) is 1.66. The molecule has 0 unspecified atom stereocenters. The molecule has 6 heterocycles. The van der Waals surface area contributed by atoms with E-state index in [4.69, 9.17) is 8.22 Å². The normalized spacial score (nSPS) is 14.9. The van der Waals surface area contributed by atoms with Gasteiger partial charge in [0, 0.05) is 94.4 Å². The first-order valence-corrected chi connectivity index (χ1v) is 44.1. The van der Waals surface area contributed by atoms with Gasteiger partial charge in [0.25, 0.3) is 6.71 Å². The summed E-state index contributed by atoms with van der Waals surface area (Å²) in [5.74, 6) is 0. The van der Waals surface area contributed by atoms with E-state index in [2.05, 4.69) is 169 Å². The van der Waals surface area contributed by atoms with Crippen molar-refractivity contribution in [1.29, 1.82) is 10.5 Å². The topological polar surface area (TPSA) is 68.8 Å². The highest BCUT2D eigenvalue weighted by atomic mass is 15.2. The van der Waals surface area contributed by atoms with Crippen LogP contribution in [-0.2, 0) is 5.41 Å². The number of nitrogens with zero attached hydrogens (tertiary/aromatic N) is 7. The Morgan fingerprint density at radius 3 is 1.06 bits per heavy atom. The molecule has 0 radical (unpaired) electrons. The SMILES string of the molecule is [2H]c1c([2H])c([2H])c(-c2c([2H])c([2H])c3c(c2[2H])c2c([2H])c([2H])c([2H])c([2H])c2n3-c2ccc3c(c2)N2c4cc(C(C)(C)C)cc5c4B3c3ccc(-n4c6c([2H])c([2H])c([2H])c([2H])c6c6c([2H])c(-c7c([2H])c([2H])c([2H])c([2H])c7[2H])c([2H])c([2H])c64)cc3N5c3c(-c4ccccc4)cc(-c4ccc(C#N)cc4)cc3-c3cccc(c3)-c3ccc4c(c3)c3cc(ccc3n4-c3ccccc3)-c3cccc(c3)-c3cc(-c4ccc(C#N)cc4)cc(-c4ccccc4)c32)c([2H])c1[2H]. The molecule has 0 saturated heterocycles. The molecule has 26 rings (SSSR count). The quantitative estimate of drug-likeness (QED) is 0.135. The minimum atomic E-state index is -1.04. The van der Waals surface area contributed by atoms with Crippen LogP contribution in [0.2, 0.25) is 0 Å². The summed E-state index contributed by atoms with van der Waals surface area (Å²) in [7, 11) is 0. The third kappa shape index (κ3) is 12.4. The van der Waals surface area contributed by atoms with Crippen LogP contribution in [0.1, 0.15) is 70.4 Å². The molecular formula is C126H82BN7. The molecule has 3 aromatic heterocycles. The van der Waals surface area contributed by atoms with Crippen molar-refractivity contribution in [2.24, 2.45) is 0 Å². The van der Waals surface area contributed by atoms with Crippen molar-refractivity contribution >= 4 is 123 Å². The predicted molar refractivity (Wildman–Crippen MR) is 560 cm³/mol. The van der Waals surface area contributed by atoms with E-state index in [1.54, 1.807) is 36.4 Å². The van der Waals surface area contributed by atoms with Crippen LogP contribution in [0.5, 0.6) is 0 Å². The number of rotatable bonds is 9. The largest absolute Gasteiger partial charge is 0.310 e. The number of fused-ring (bicyclic) bond motifs is 26. The zero-order valence-corrected chi connectivity index (χ0v) is 72.0. The first-order chi connectivity index (χ1) is 76.0. The molecule has 0 spiro atoms. The van der Waals surface area contributed by atoms with Gasteiger partial charge in [-0.1, -0.05) is 293 Å². The smallest absolute Gasteiger partial charge is 0.252 e. The Kier molecular flexibility index (Phi) is 12.9. The van der Waals surface area contributed by atoms with Crippen molar-refractivity contribution in [3.63, 3.8) is 0 Å². The fourth-order valence-electron chi connectivity index (χ4n) is 20.3. The number of hydrogen-bond donors (Lipinski definition) is 0. The highest BCUT2D eigenvalue weighted by Crippen LogP contribution is 2.57. The number of anilines is 6. The first kappa shape index (κ1) is 56.7. The molecular weight excluding hydrogens is 1620 g/mol. The van der Waals surface area contributed by atoms with Crippen molar-refractivity contribution < 1.29 is 32.9 Å². The van der Waals surface area contributed by atoms with Gasteiger partial charge in [0.2, 0.25) is 0 Å². The molecule has 0 aliphatic carbocycles. The van der Waals surface area contributed by atoms with Crippen LogP contribution in [0.3, 0.4) is 0 Å². The van der Waals surface area contributed by atoms with Gasteiger partial charge in [-0.25, -0.2) is 0 Å². The van der Waals surface area contributed by atoms with Crippen LogP contribution in [0.15, 0.2) is 442 Å². The second kappa shape index (κ2) is 30.6. The van der Waals surface area contributed by atoms with Crippen molar-refractivity contribution in [3.8, 4) is 140 Å². The van der Waals surface area contributed by atoms with Crippen molar-refractivity contribution in [2.75, 3.05) is 9.80 Å². The average molecular weight is 1730 g/mol. The molecule has 0 amide bonds. The maximum absolute atomic E-state index is 10.6. The zero-order valence-electron chi connectivity index (χ0n) is 96.0. The molecule has 23 aromatic rings. The molecule has 134 heavy (non-hydrogen) atoms. The summed E-state index contributed by atoms with van der Waals surface area (Å²) in [5.41, 5.74) is 16.8. The van der Waals surface area contributed by atoms with Crippen LogP contribution in [0.25, 0.3) is 194 Å². The van der Waals surface area contributed by atoms with Gasteiger partial charge in [0.05, 0.1) is 101 Å². The molecule has 8 heteroatoms. The fraction of sp³-hybridized carbons (Fsp3) is 0.0317. The Bertz CT molecular complexity index is 9900. The van der Waals surface area contributed by atoms with E-state index in [0.717, 1.165) is 77.6 Å². The minimum Gasteiger partial charge on any atom is -0.310 e. The Morgan fingerprint density at radius 2 is 0.627 bits per heavy atom. The standard InChI is InChI=1S/C126H82BN7/c1-126(2,3)97-73-121-123-122(74-97)134-120-76-100(132-114-42-22-20-40-102(114)108-66-90(52-60-116(108)132)82-27-11-5-12-28-82)56-58-112(120)127(123)111-57-55-99(131-113-41-21-19-39-101(113)107-65-89(51-59-115(107)131)81-25-9-4-10-26-81)75-119(111)133(121)124-103(85-29-13-6-14-30-85)69-95(83-47-43-79(77-128)44-48-83)71-105(124)93-35-23-33-87(63-93)91-53-61-117-109(67-91)110-68-92(54-62-118(110)130(117)98-37-17-8-18-38-98)88-34-24-36-94(64-88)106-72-96(84-49-45-80(78-129)46-50-84)70-104(125(106)134)86-31-15-7-16-32-86/h4-76H,1-3H3/i4D,5D,9D,10D,11D,12D,19D,20D,21D,22D,25D,26D,27D,28D,39D,40D,41D,42D,51D,52D,59D,60D,65D,66D. The van der Waals surface area contributed by atoms with Crippen LogP contribution in [-0.4, -0.2) is 20.4 Å². The molecule has 20 aromatic carbocycles. The van der Waals surface area contributed by atoms with Crippen molar-refractivity contribution in [3.05, 3.63) is 459 Å². The van der Waals surface area contributed by atoms with E-state index in [1.807, 2.05) is 140 Å². The number of nitriles is 2. The fourth-order valence-corrected chi connectivity index (χ4v) is 20.3. The van der Waals surface area contributed by atoms with E-state index in [9.17, 15) is 35.2 Å². The molecule has 13 bridgehead atoms.